The summed E-state index contributed by atoms with van der Waals surface area (Å²) < 4.78 is 38.4. The number of halogens is 3. The molecular formula is C25H24F3N5O4. The molecule has 9 nitrogen and oxygen atoms in total. The van der Waals surface area contributed by atoms with Crippen LogP contribution in [0.4, 0.5) is 18.9 Å². The normalized spacial score (nSPS) is 15.3. The van der Waals surface area contributed by atoms with Gasteiger partial charge in [0.25, 0.3) is 5.91 Å². The lowest BCUT2D eigenvalue weighted by Gasteiger charge is -2.22. The molecule has 37 heavy (non-hydrogen) atoms. The fourth-order valence-corrected chi connectivity index (χ4v) is 3.55. The fourth-order valence-electron chi connectivity index (χ4n) is 3.55. The van der Waals surface area contributed by atoms with Gasteiger partial charge in [0.1, 0.15) is 0 Å². The van der Waals surface area contributed by atoms with Crippen LogP contribution < -0.4 is 5.32 Å². The average Bonchev–Trinajstić information content (AvgIpc) is 2.87. The zero-order valence-corrected chi connectivity index (χ0v) is 19.9. The number of aromatic carboxylic acids is 1. The van der Waals surface area contributed by atoms with Gasteiger partial charge in [-0.3, -0.25) is 9.59 Å². The summed E-state index contributed by atoms with van der Waals surface area (Å²) in [6.45, 7) is 1.78. The van der Waals surface area contributed by atoms with Gasteiger partial charge in [0.15, 0.2) is 0 Å². The summed E-state index contributed by atoms with van der Waals surface area (Å²) in [5, 5.41) is 22.0. The second-order valence-corrected chi connectivity index (χ2v) is 8.23. The first-order valence-corrected chi connectivity index (χ1v) is 11.0. The molecule has 1 unspecified atom stereocenters. The fraction of sp³-hybridized carbons (Fsp3) is 0.240. The van der Waals surface area contributed by atoms with E-state index in [0.29, 0.717) is 28.9 Å². The minimum absolute atomic E-state index is 0.0204. The van der Waals surface area contributed by atoms with Crippen LogP contribution in [0.2, 0.25) is 0 Å². The number of aryl methyl sites for hydroxylation is 1. The van der Waals surface area contributed by atoms with Crippen molar-refractivity contribution in [2.75, 3.05) is 12.4 Å². The van der Waals surface area contributed by atoms with E-state index in [9.17, 15) is 32.7 Å². The number of hydrogen-bond donors (Lipinski definition) is 2. The molecule has 1 aliphatic carbocycles. The van der Waals surface area contributed by atoms with Gasteiger partial charge >= 0.3 is 12.1 Å². The molecule has 0 radical (unpaired) electrons. The molecule has 2 aromatic carbocycles. The summed E-state index contributed by atoms with van der Waals surface area (Å²) in [5.41, 5.74) is 2.10. The van der Waals surface area contributed by atoms with Gasteiger partial charge in [0.2, 0.25) is 6.41 Å². The minimum atomic E-state index is -4.31. The lowest BCUT2D eigenvalue weighted by molar-refractivity contribution is -0.160. The smallest absolute Gasteiger partial charge is 0.395 e. The van der Waals surface area contributed by atoms with Gasteiger partial charge < -0.3 is 10.4 Å². The number of alkyl halides is 3. The number of carboxylic acid groups (broad SMARTS) is 1. The summed E-state index contributed by atoms with van der Waals surface area (Å²) in [7, 11) is 1.50. The van der Waals surface area contributed by atoms with Crippen molar-refractivity contribution in [3.63, 3.8) is 0 Å². The standard InChI is InChI=1S/C25H24F3N5O4/c1-16-13-17(7-12-22(16)29-23(35)20-5-3-4-6-21(20)24(36)37)14-33(15-34)31-30-32(2)19-10-8-18(9-11-19)25(26,27)28/h3-8,10-13,15,18H,9,14H2,1-2H3,(H,29,35)(H,36,37)/b31-30-. The molecule has 2 aromatic rings. The summed E-state index contributed by atoms with van der Waals surface area (Å²) in [6, 6.07) is 10.8. The number of carbonyl (C=O) groups is 3. The number of anilines is 1. The van der Waals surface area contributed by atoms with E-state index in [4.69, 9.17) is 0 Å². The van der Waals surface area contributed by atoms with E-state index in [0.717, 1.165) is 11.1 Å². The molecule has 2 amide bonds. The van der Waals surface area contributed by atoms with Gasteiger partial charge in [0.05, 0.1) is 29.3 Å². The number of amides is 2. The Morgan fingerprint density at radius 1 is 1.16 bits per heavy atom. The summed E-state index contributed by atoms with van der Waals surface area (Å²) in [6.07, 6.45) is -0.313. The molecule has 0 fully saturated rings. The van der Waals surface area contributed by atoms with Gasteiger partial charge in [-0.1, -0.05) is 36.4 Å². The monoisotopic (exact) mass is 515 g/mol. The van der Waals surface area contributed by atoms with Crippen molar-refractivity contribution in [1.29, 1.82) is 0 Å². The second-order valence-electron chi connectivity index (χ2n) is 8.23. The Labute approximate surface area is 210 Å². The summed E-state index contributed by atoms with van der Waals surface area (Å²) in [5.74, 6) is -3.34. The van der Waals surface area contributed by atoms with Crippen LogP contribution in [0.5, 0.6) is 0 Å². The number of carbonyl (C=O) groups excluding carboxylic acids is 2. The van der Waals surface area contributed by atoms with Crippen molar-refractivity contribution < 1.29 is 32.7 Å². The number of hydrogen-bond acceptors (Lipinski definition) is 5. The molecule has 0 spiro atoms. The molecule has 12 heteroatoms. The maximum Gasteiger partial charge on any atom is 0.395 e. The van der Waals surface area contributed by atoms with Crippen molar-refractivity contribution >= 4 is 24.0 Å². The number of benzene rings is 2. The van der Waals surface area contributed by atoms with Crippen molar-refractivity contribution in [2.45, 2.75) is 26.1 Å². The van der Waals surface area contributed by atoms with Gasteiger partial charge in [0, 0.05) is 12.7 Å². The molecule has 0 saturated carbocycles. The van der Waals surface area contributed by atoms with E-state index in [2.05, 4.69) is 15.8 Å². The Morgan fingerprint density at radius 2 is 1.86 bits per heavy atom. The molecule has 1 aliphatic rings. The van der Waals surface area contributed by atoms with Crippen molar-refractivity contribution in [2.24, 2.45) is 16.4 Å². The van der Waals surface area contributed by atoms with E-state index >= 15 is 0 Å². The molecule has 194 valence electrons. The predicted octanol–water partition coefficient (Wildman–Crippen LogP) is 5.14. The highest BCUT2D eigenvalue weighted by atomic mass is 19.4. The maximum atomic E-state index is 12.8. The zero-order chi connectivity index (χ0) is 27.2. The Balaban J connectivity index is 1.63. The molecule has 0 heterocycles. The third kappa shape index (κ3) is 7.03. The average molecular weight is 515 g/mol. The first-order chi connectivity index (χ1) is 17.5. The molecule has 2 N–H and O–H groups in total. The largest absolute Gasteiger partial charge is 0.478 e. The van der Waals surface area contributed by atoms with Crippen LogP contribution in [0.1, 0.15) is 38.3 Å². The van der Waals surface area contributed by atoms with E-state index in [1.165, 1.54) is 42.4 Å². The van der Waals surface area contributed by atoms with Gasteiger partial charge in [-0.05, 0) is 59.2 Å². The van der Waals surface area contributed by atoms with Crippen LogP contribution in [0.25, 0.3) is 0 Å². The van der Waals surface area contributed by atoms with Crippen molar-refractivity contribution in [3.8, 4) is 0 Å². The molecule has 1 atom stereocenters. The highest BCUT2D eigenvalue weighted by molar-refractivity contribution is 6.10. The third-order valence-electron chi connectivity index (χ3n) is 5.57. The number of likely N-dealkylation sites (N-methyl/N-ethyl adjacent to an activating group) is 1. The van der Waals surface area contributed by atoms with Crippen LogP contribution in [0, 0.1) is 12.8 Å². The summed E-state index contributed by atoms with van der Waals surface area (Å²) in [4.78, 5) is 35.5. The van der Waals surface area contributed by atoms with E-state index in [1.807, 2.05) is 0 Å². The van der Waals surface area contributed by atoms with Crippen LogP contribution in [-0.2, 0) is 11.3 Å². The minimum Gasteiger partial charge on any atom is -0.478 e. The Hall–Kier alpha value is -4.48. The topological polar surface area (TPSA) is 115 Å². The quantitative estimate of drug-likeness (QED) is 0.273. The molecule has 0 saturated heterocycles. The van der Waals surface area contributed by atoms with E-state index < -0.39 is 24.0 Å². The molecule has 0 bridgehead atoms. The second kappa shape index (κ2) is 11.5. The van der Waals surface area contributed by atoms with Crippen LogP contribution in [0.15, 0.2) is 76.8 Å². The lowest BCUT2D eigenvalue weighted by Crippen LogP contribution is -2.23. The first kappa shape index (κ1) is 27.1. The molecule has 3 rings (SSSR count). The van der Waals surface area contributed by atoms with Gasteiger partial charge in [-0.2, -0.15) is 13.2 Å². The number of rotatable bonds is 9. The van der Waals surface area contributed by atoms with Crippen LogP contribution in [0.3, 0.4) is 0 Å². The zero-order valence-electron chi connectivity index (χ0n) is 19.9. The number of carboxylic acids is 1. The van der Waals surface area contributed by atoms with Crippen LogP contribution >= 0.6 is 0 Å². The molecular weight excluding hydrogens is 491 g/mol. The van der Waals surface area contributed by atoms with Crippen molar-refractivity contribution in [1.82, 2.24) is 10.0 Å². The van der Waals surface area contributed by atoms with Crippen LogP contribution in [-0.4, -0.2) is 46.6 Å². The predicted molar refractivity (Wildman–Crippen MR) is 128 cm³/mol. The van der Waals surface area contributed by atoms with Gasteiger partial charge in [-0.15, -0.1) is 0 Å². The van der Waals surface area contributed by atoms with E-state index in [-0.39, 0.29) is 24.1 Å². The Morgan fingerprint density at radius 3 is 2.43 bits per heavy atom. The summed E-state index contributed by atoms with van der Waals surface area (Å²) >= 11 is 0. The van der Waals surface area contributed by atoms with Gasteiger partial charge in [-0.25, -0.2) is 14.8 Å². The number of nitrogens with zero attached hydrogens (tertiary/aromatic N) is 4. The van der Waals surface area contributed by atoms with E-state index in [1.54, 1.807) is 31.2 Å². The molecule has 0 aromatic heterocycles. The van der Waals surface area contributed by atoms with Crippen molar-refractivity contribution in [3.05, 3.63) is 88.6 Å². The first-order valence-electron chi connectivity index (χ1n) is 11.0. The highest BCUT2D eigenvalue weighted by Gasteiger charge is 2.38. The number of allylic oxidation sites excluding steroid dienone is 3. The SMILES string of the molecule is Cc1cc(CN(C=O)/N=N\N(C)C2=CCC(C(F)(F)F)C=C2)ccc1NC(=O)c1ccccc1C(=O)O. The molecule has 0 aliphatic heterocycles. The number of nitrogens with one attached hydrogen (secondary N) is 1. The Bertz CT molecular complexity index is 1270. The maximum absolute atomic E-state index is 12.8. The Kier molecular flexibility index (Phi) is 8.43. The highest BCUT2D eigenvalue weighted by Crippen LogP contribution is 2.33. The third-order valence-corrected chi connectivity index (χ3v) is 5.57. The lowest BCUT2D eigenvalue weighted by atomic mass is 9.99.